The van der Waals surface area contributed by atoms with E-state index in [4.69, 9.17) is 0 Å². The van der Waals surface area contributed by atoms with Gasteiger partial charge in [-0.05, 0) is 58.6 Å². The monoisotopic (exact) mass is 447 g/mol. The quantitative estimate of drug-likeness (QED) is 0.710. The smallest absolute Gasteiger partial charge is 0.254 e. The highest BCUT2D eigenvalue weighted by molar-refractivity contribution is 7.89. The van der Waals surface area contributed by atoms with Crippen LogP contribution in [0.25, 0.3) is 0 Å². The molecule has 31 heavy (non-hydrogen) atoms. The summed E-state index contributed by atoms with van der Waals surface area (Å²) >= 11 is 0. The number of fused-ring (bicyclic) bond motifs is 1. The van der Waals surface area contributed by atoms with Crippen molar-refractivity contribution < 1.29 is 18.0 Å². The van der Waals surface area contributed by atoms with Gasteiger partial charge in [-0.1, -0.05) is 18.2 Å². The predicted molar refractivity (Wildman–Crippen MR) is 119 cm³/mol. The number of sulfonamides is 1. The molecule has 1 unspecified atom stereocenters. The maximum absolute atomic E-state index is 13.7. The zero-order valence-electron chi connectivity index (χ0n) is 18.9. The summed E-state index contributed by atoms with van der Waals surface area (Å²) in [6, 6.07) is 7.36. The molecule has 0 aromatic heterocycles. The van der Waals surface area contributed by atoms with Crippen LogP contribution in [0.1, 0.15) is 68.8 Å². The molecule has 1 atom stereocenters. The van der Waals surface area contributed by atoms with Gasteiger partial charge in [0.2, 0.25) is 15.9 Å². The Morgan fingerprint density at radius 1 is 1.03 bits per heavy atom. The normalized spacial score (nSPS) is 23.9. The average molecular weight is 448 g/mol. The minimum absolute atomic E-state index is 0.0570. The Hall–Kier alpha value is -1.93. The molecule has 1 spiro atoms. The maximum Gasteiger partial charge on any atom is 0.254 e. The Balaban J connectivity index is 1.81. The van der Waals surface area contributed by atoms with E-state index in [1.54, 1.807) is 13.8 Å². The molecule has 1 aromatic carbocycles. The molecule has 0 bridgehead atoms. The molecule has 3 aliphatic heterocycles. The van der Waals surface area contributed by atoms with Crippen LogP contribution in [-0.2, 0) is 14.8 Å². The zero-order valence-corrected chi connectivity index (χ0v) is 19.7. The summed E-state index contributed by atoms with van der Waals surface area (Å²) in [7, 11) is -3.38. The fourth-order valence-corrected chi connectivity index (χ4v) is 6.78. The number of piperidine rings is 1. The highest BCUT2D eigenvalue weighted by Crippen LogP contribution is 2.49. The highest BCUT2D eigenvalue weighted by atomic mass is 32.2. The van der Waals surface area contributed by atoms with Crippen LogP contribution in [0.3, 0.4) is 0 Å². The van der Waals surface area contributed by atoms with Crippen LogP contribution in [0.2, 0.25) is 0 Å². The van der Waals surface area contributed by atoms with E-state index in [1.165, 1.54) is 4.31 Å². The van der Waals surface area contributed by atoms with Crippen molar-refractivity contribution in [2.45, 2.75) is 69.7 Å². The lowest BCUT2D eigenvalue weighted by atomic mass is 9.66. The van der Waals surface area contributed by atoms with Crippen molar-refractivity contribution in [1.82, 2.24) is 14.1 Å². The lowest BCUT2D eigenvalue weighted by Gasteiger charge is -2.57. The summed E-state index contributed by atoms with van der Waals surface area (Å²) in [6.07, 6.45) is 1.92. The maximum atomic E-state index is 13.7. The molecule has 0 radical (unpaired) electrons. The fraction of sp³-hybridized carbons (Fsp3) is 0.652. The van der Waals surface area contributed by atoms with Crippen molar-refractivity contribution in [2.24, 2.45) is 0 Å². The molecule has 3 heterocycles. The second-order valence-electron chi connectivity index (χ2n) is 9.56. The van der Waals surface area contributed by atoms with E-state index in [1.807, 2.05) is 47.9 Å². The van der Waals surface area contributed by atoms with Gasteiger partial charge in [0.15, 0.2) is 0 Å². The SMILES string of the molecule is CC(C)N1C(=O)c2ccccc2C(C(=O)N2CCC2)C12CCN(S(=O)(=O)C(C)C)CC2. The first-order chi connectivity index (χ1) is 14.6. The standard InChI is InChI=1S/C23H33N3O4S/c1-16(2)26-21(27)19-9-6-5-8-18(19)20(22(28)24-12-7-13-24)23(26)10-14-25(15-11-23)31(29,30)17(3)4/h5-6,8-9,16-17,20H,7,10-15H2,1-4H3. The molecule has 2 amide bonds. The van der Waals surface area contributed by atoms with Crippen LogP contribution >= 0.6 is 0 Å². The fourth-order valence-electron chi connectivity index (χ4n) is 5.49. The van der Waals surface area contributed by atoms with E-state index in [9.17, 15) is 18.0 Å². The number of amides is 2. The van der Waals surface area contributed by atoms with Crippen LogP contribution in [0.5, 0.6) is 0 Å². The molecule has 3 aliphatic rings. The third kappa shape index (κ3) is 3.39. The van der Waals surface area contributed by atoms with Crippen molar-refractivity contribution in [1.29, 1.82) is 0 Å². The van der Waals surface area contributed by atoms with Crippen LogP contribution in [0, 0.1) is 0 Å². The molecule has 1 aromatic rings. The lowest BCUT2D eigenvalue weighted by molar-refractivity contribution is -0.142. The first-order valence-corrected chi connectivity index (χ1v) is 12.8. The second kappa shape index (κ2) is 7.89. The van der Waals surface area contributed by atoms with E-state index in [2.05, 4.69) is 0 Å². The molecular weight excluding hydrogens is 414 g/mol. The van der Waals surface area contributed by atoms with E-state index >= 15 is 0 Å². The molecule has 7 nitrogen and oxygen atoms in total. The first-order valence-electron chi connectivity index (χ1n) is 11.3. The van der Waals surface area contributed by atoms with Gasteiger partial charge in [-0.25, -0.2) is 12.7 Å². The number of carbonyl (C=O) groups excluding carboxylic acids is 2. The lowest BCUT2D eigenvalue weighted by Crippen LogP contribution is -2.68. The molecule has 2 saturated heterocycles. The minimum Gasteiger partial charge on any atom is -0.342 e. The Morgan fingerprint density at radius 3 is 2.16 bits per heavy atom. The Kier molecular flexibility index (Phi) is 5.67. The van der Waals surface area contributed by atoms with Crippen LogP contribution in [-0.4, -0.2) is 77.3 Å². The third-order valence-corrected chi connectivity index (χ3v) is 9.49. The summed E-state index contributed by atoms with van der Waals surface area (Å²) in [5.41, 5.74) is 0.675. The number of hydrogen-bond donors (Lipinski definition) is 0. The van der Waals surface area contributed by atoms with Crippen LogP contribution < -0.4 is 0 Å². The summed E-state index contributed by atoms with van der Waals surface area (Å²) < 4.78 is 27.1. The Labute approximate surface area is 185 Å². The van der Waals surface area contributed by atoms with Gasteiger partial charge in [0.1, 0.15) is 0 Å². The molecule has 0 aliphatic carbocycles. The van der Waals surface area contributed by atoms with Gasteiger partial charge in [-0.3, -0.25) is 9.59 Å². The molecule has 2 fully saturated rings. The van der Waals surface area contributed by atoms with Crippen molar-refractivity contribution in [3.63, 3.8) is 0 Å². The molecule has 8 heteroatoms. The van der Waals surface area contributed by atoms with E-state index in [0.717, 1.165) is 25.1 Å². The highest BCUT2D eigenvalue weighted by Gasteiger charge is 2.57. The molecule has 170 valence electrons. The summed E-state index contributed by atoms with van der Waals surface area (Å²) in [6.45, 7) is 9.49. The topological polar surface area (TPSA) is 78.0 Å². The van der Waals surface area contributed by atoms with E-state index in [0.29, 0.717) is 31.5 Å². The van der Waals surface area contributed by atoms with E-state index in [-0.39, 0.29) is 17.9 Å². The van der Waals surface area contributed by atoms with Gasteiger partial charge in [0, 0.05) is 37.8 Å². The van der Waals surface area contributed by atoms with Gasteiger partial charge >= 0.3 is 0 Å². The van der Waals surface area contributed by atoms with Gasteiger partial charge in [-0.15, -0.1) is 0 Å². The summed E-state index contributed by atoms with van der Waals surface area (Å²) in [5.74, 6) is -0.455. The number of likely N-dealkylation sites (tertiary alicyclic amines) is 1. The average Bonchev–Trinajstić information content (AvgIpc) is 2.66. The minimum atomic E-state index is -3.38. The first kappa shape index (κ1) is 22.3. The van der Waals surface area contributed by atoms with Crippen LogP contribution in [0.4, 0.5) is 0 Å². The van der Waals surface area contributed by atoms with Gasteiger partial charge in [-0.2, -0.15) is 0 Å². The number of hydrogen-bond acceptors (Lipinski definition) is 4. The van der Waals surface area contributed by atoms with Gasteiger partial charge in [0.25, 0.3) is 5.91 Å². The number of nitrogens with zero attached hydrogens (tertiary/aromatic N) is 3. The zero-order chi connectivity index (χ0) is 22.6. The Morgan fingerprint density at radius 2 is 1.65 bits per heavy atom. The predicted octanol–water partition coefficient (Wildman–Crippen LogP) is 2.44. The second-order valence-corrected chi connectivity index (χ2v) is 12.1. The van der Waals surface area contributed by atoms with Crippen molar-refractivity contribution in [3.8, 4) is 0 Å². The molecule has 0 N–H and O–H groups in total. The molecule has 0 saturated carbocycles. The van der Waals surface area contributed by atoms with Gasteiger partial charge in [0.05, 0.1) is 16.7 Å². The number of benzene rings is 1. The van der Waals surface area contributed by atoms with Crippen molar-refractivity contribution >= 4 is 21.8 Å². The van der Waals surface area contributed by atoms with Crippen molar-refractivity contribution in [2.75, 3.05) is 26.2 Å². The van der Waals surface area contributed by atoms with Crippen molar-refractivity contribution in [3.05, 3.63) is 35.4 Å². The molecule has 4 rings (SSSR count). The van der Waals surface area contributed by atoms with Crippen LogP contribution in [0.15, 0.2) is 24.3 Å². The Bertz CT molecular complexity index is 976. The van der Waals surface area contributed by atoms with Gasteiger partial charge < -0.3 is 9.80 Å². The molecular formula is C23H33N3O4S. The third-order valence-electron chi connectivity index (χ3n) is 7.21. The van der Waals surface area contributed by atoms with E-state index < -0.39 is 26.7 Å². The summed E-state index contributed by atoms with van der Waals surface area (Å²) in [4.78, 5) is 31.1. The largest absolute Gasteiger partial charge is 0.342 e. The number of rotatable bonds is 4. The number of carbonyl (C=O) groups is 2. The summed E-state index contributed by atoms with van der Waals surface area (Å²) in [5, 5.41) is -0.491.